The van der Waals surface area contributed by atoms with Gasteiger partial charge in [0.15, 0.2) is 0 Å². The van der Waals surface area contributed by atoms with E-state index in [1.165, 1.54) is 7.11 Å². The van der Waals surface area contributed by atoms with Crippen molar-refractivity contribution < 1.29 is 23.9 Å². The highest BCUT2D eigenvalue weighted by Gasteiger charge is 2.48. The molecule has 3 amide bonds. The van der Waals surface area contributed by atoms with Gasteiger partial charge in [-0.25, -0.2) is 0 Å². The fraction of sp³-hybridized carbons (Fsp3) is 0.524. The largest absolute Gasteiger partial charge is 0.469 e. The molecule has 0 aromatic heterocycles. The first-order chi connectivity index (χ1) is 14.4. The van der Waals surface area contributed by atoms with Crippen molar-refractivity contribution in [2.45, 2.75) is 37.2 Å². The molecule has 9 heteroatoms. The molecule has 0 spiro atoms. The lowest BCUT2D eigenvalue weighted by Gasteiger charge is -2.33. The molecule has 0 aliphatic carbocycles. The molecule has 3 unspecified atom stereocenters. The van der Waals surface area contributed by atoms with Crippen LogP contribution in [0.4, 0.5) is 0 Å². The highest BCUT2D eigenvalue weighted by Crippen LogP contribution is 2.48. The first kappa shape index (κ1) is 20.7. The number of carbonyl (C=O) groups is 4. The van der Waals surface area contributed by atoms with Crippen LogP contribution in [0.1, 0.15) is 41.1 Å². The molecule has 3 heterocycles. The van der Waals surface area contributed by atoms with E-state index in [2.05, 4.69) is 5.32 Å². The fourth-order valence-electron chi connectivity index (χ4n) is 4.39. The van der Waals surface area contributed by atoms with Crippen LogP contribution < -0.4 is 5.32 Å². The van der Waals surface area contributed by atoms with E-state index in [4.69, 9.17) is 4.74 Å². The first-order valence-electron chi connectivity index (χ1n) is 10.1. The number of amides is 3. The Hall–Kier alpha value is -2.55. The maximum Gasteiger partial charge on any atom is 0.308 e. The molecule has 3 atom stereocenters. The molecule has 0 radical (unpaired) electrons. The number of esters is 1. The molecule has 3 aliphatic rings. The van der Waals surface area contributed by atoms with E-state index in [0.29, 0.717) is 37.2 Å². The van der Waals surface area contributed by atoms with Gasteiger partial charge in [0.1, 0.15) is 17.5 Å². The van der Waals surface area contributed by atoms with Crippen LogP contribution in [0.25, 0.3) is 0 Å². The summed E-state index contributed by atoms with van der Waals surface area (Å²) in [7, 11) is 1.37. The van der Waals surface area contributed by atoms with Gasteiger partial charge in [0.25, 0.3) is 5.91 Å². The van der Waals surface area contributed by atoms with Gasteiger partial charge in [-0.2, -0.15) is 0 Å². The normalized spacial score (nSPS) is 24.3. The molecule has 0 saturated carbocycles. The van der Waals surface area contributed by atoms with Crippen LogP contribution in [0.2, 0.25) is 0 Å². The van der Waals surface area contributed by atoms with Crippen molar-refractivity contribution in [1.82, 2.24) is 15.1 Å². The number of thioether (sulfide) groups is 1. The zero-order chi connectivity index (χ0) is 21.4. The van der Waals surface area contributed by atoms with Gasteiger partial charge >= 0.3 is 5.97 Å². The van der Waals surface area contributed by atoms with E-state index < -0.39 is 12.1 Å². The van der Waals surface area contributed by atoms with Crippen LogP contribution in [0.5, 0.6) is 0 Å². The van der Waals surface area contributed by atoms with Crippen molar-refractivity contribution in [2.75, 3.05) is 26.0 Å². The maximum atomic E-state index is 12.9. The average Bonchev–Trinajstić information content (AvgIpc) is 3.33. The predicted molar refractivity (Wildman–Crippen MR) is 111 cm³/mol. The second kappa shape index (κ2) is 8.29. The number of methoxy groups -OCH3 is 1. The van der Waals surface area contributed by atoms with Crippen molar-refractivity contribution >= 4 is 35.5 Å². The number of fused-ring (bicyclic) bond motifs is 3. The molecule has 2 fully saturated rings. The van der Waals surface area contributed by atoms with Crippen LogP contribution in [-0.2, 0) is 19.1 Å². The predicted octanol–water partition coefficient (Wildman–Crippen LogP) is 1.17. The number of likely N-dealkylation sites (tertiary alicyclic amines) is 1. The van der Waals surface area contributed by atoms with Crippen LogP contribution in [0.15, 0.2) is 24.3 Å². The number of piperidine rings is 1. The molecule has 0 bridgehead atoms. The number of benzene rings is 1. The second-order valence-electron chi connectivity index (χ2n) is 7.85. The van der Waals surface area contributed by atoms with Gasteiger partial charge in [-0.15, -0.1) is 11.8 Å². The van der Waals surface area contributed by atoms with Gasteiger partial charge in [-0.3, -0.25) is 19.2 Å². The second-order valence-corrected chi connectivity index (χ2v) is 8.97. The Bertz CT molecular complexity index is 883. The number of carbonyl (C=O) groups excluding carboxylic acids is 4. The summed E-state index contributed by atoms with van der Waals surface area (Å²) in [4.78, 5) is 53.4. The third-order valence-electron chi connectivity index (χ3n) is 6.07. The smallest absolute Gasteiger partial charge is 0.308 e. The van der Waals surface area contributed by atoms with Gasteiger partial charge in [-0.1, -0.05) is 18.2 Å². The number of hydrogen-bond donors (Lipinski definition) is 1. The maximum absolute atomic E-state index is 12.9. The van der Waals surface area contributed by atoms with Crippen LogP contribution in [0.3, 0.4) is 0 Å². The summed E-state index contributed by atoms with van der Waals surface area (Å²) in [6, 6.07) is 6.14. The summed E-state index contributed by atoms with van der Waals surface area (Å²) >= 11 is 1.57. The van der Waals surface area contributed by atoms with Gasteiger partial charge in [-0.05, 0) is 31.4 Å². The van der Waals surface area contributed by atoms with E-state index in [0.717, 1.165) is 5.56 Å². The van der Waals surface area contributed by atoms with E-state index >= 15 is 0 Å². The van der Waals surface area contributed by atoms with Crippen LogP contribution in [-0.4, -0.2) is 71.5 Å². The minimum absolute atomic E-state index is 0.135. The SMILES string of the molecule is COC(=O)C1CCN(C(=O)C(C)NC(=O)C2CSC3c4ccccc4C(=O)N23)CC1. The molecule has 3 aliphatic heterocycles. The highest BCUT2D eigenvalue weighted by molar-refractivity contribution is 7.99. The van der Waals surface area contributed by atoms with Crippen molar-refractivity contribution in [3.8, 4) is 0 Å². The van der Waals surface area contributed by atoms with E-state index in [-0.39, 0.29) is 35.0 Å². The van der Waals surface area contributed by atoms with Crippen LogP contribution in [0, 0.1) is 5.92 Å². The molecule has 4 rings (SSSR count). The lowest BCUT2D eigenvalue weighted by molar-refractivity contribution is -0.149. The molecule has 1 aromatic rings. The minimum Gasteiger partial charge on any atom is -0.469 e. The number of nitrogens with zero attached hydrogens (tertiary/aromatic N) is 2. The summed E-state index contributed by atoms with van der Waals surface area (Å²) in [6.07, 6.45) is 1.11. The zero-order valence-corrected chi connectivity index (χ0v) is 17.8. The van der Waals surface area contributed by atoms with Crippen LogP contribution >= 0.6 is 11.8 Å². The monoisotopic (exact) mass is 431 g/mol. The molecule has 1 aromatic carbocycles. The Morgan fingerprint density at radius 3 is 2.60 bits per heavy atom. The molecular formula is C21H25N3O5S. The standard InChI is InChI=1S/C21H25N3O5S/c1-12(18(26)23-9-7-13(8-10-23)21(28)29-2)22-17(25)16-11-30-20-15-6-4-3-5-14(15)19(27)24(16)20/h3-6,12-13,16,20H,7-11H2,1-2H3,(H,22,25). The molecule has 1 N–H and O–H groups in total. The van der Waals surface area contributed by atoms with E-state index in [1.807, 2.05) is 18.2 Å². The Balaban J connectivity index is 1.35. The summed E-state index contributed by atoms with van der Waals surface area (Å²) in [6.45, 7) is 2.58. The topological polar surface area (TPSA) is 96.0 Å². The van der Waals surface area contributed by atoms with Crippen molar-refractivity contribution in [3.63, 3.8) is 0 Å². The molecule has 8 nitrogen and oxygen atoms in total. The fourth-order valence-corrected chi connectivity index (χ4v) is 5.85. The number of nitrogens with one attached hydrogen (secondary N) is 1. The average molecular weight is 432 g/mol. The summed E-state index contributed by atoms with van der Waals surface area (Å²) in [5.74, 6) is -0.541. The van der Waals surface area contributed by atoms with Crippen molar-refractivity contribution in [1.29, 1.82) is 0 Å². The lowest BCUT2D eigenvalue weighted by atomic mass is 9.96. The quantitative estimate of drug-likeness (QED) is 0.719. The first-order valence-corrected chi connectivity index (χ1v) is 11.2. The van der Waals surface area contributed by atoms with Gasteiger partial charge in [0, 0.05) is 24.4 Å². The third-order valence-corrected chi connectivity index (χ3v) is 7.37. The van der Waals surface area contributed by atoms with Gasteiger partial charge in [0.2, 0.25) is 11.8 Å². The summed E-state index contributed by atoms with van der Waals surface area (Å²) < 4.78 is 4.78. The van der Waals surface area contributed by atoms with Crippen molar-refractivity contribution in [3.05, 3.63) is 35.4 Å². The Labute approximate surface area is 179 Å². The molecule has 160 valence electrons. The number of rotatable bonds is 4. The van der Waals surface area contributed by atoms with Crippen molar-refractivity contribution in [2.24, 2.45) is 5.92 Å². The number of ether oxygens (including phenoxy) is 1. The highest BCUT2D eigenvalue weighted by atomic mass is 32.2. The zero-order valence-electron chi connectivity index (χ0n) is 17.0. The third kappa shape index (κ3) is 3.55. The molecular weight excluding hydrogens is 406 g/mol. The number of hydrogen-bond acceptors (Lipinski definition) is 6. The Morgan fingerprint density at radius 2 is 1.90 bits per heavy atom. The van der Waals surface area contributed by atoms with E-state index in [1.54, 1.807) is 34.6 Å². The Morgan fingerprint density at radius 1 is 1.20 bits per heavy atom. The van der Waals surface area contributed by atoms with Gasteiger partial charge in [0.05, 0.1) is 13.0 Å². The molecule has 2 saturated heterocycles. The van der Waals surface area contributed by atoms with E-state index in [9.17, 15) is 19.2 Å². The molecule has 30 heavy (non-hydrogen) atoms. The van der Waals surface area contributed by atoms with Gasteiger partial charge < -0.3 is 19.9 Å². The Kier molecular flexibility index (Phi) is 5.73. The summed E-state index contributed by atoms with van der Waals surface area (Å²) in [5.41, 5.74) is 1.59. The minimum atomic E-state index is -0.698. The lowest BCUT2D eigenvalue weighted by Crippen LogP contribution is -2.54. The summed E-state index contributed by atoms with van der Waals surface area (Å²) in [5, 5.41) is 2.65.